The van der Waals surface area contributed by atoms with E-state index in [0.29, 0.717) is 18.0 Å². The summed E-state index contributed by atoms with van der Waals surface area (Å²) in [4.78, 5) is 24.9. The number of carbonyl (C=O) groups is 2. The van der Waals surface area contributed by atoms with E-state index >= 15 is 0 Å². The molecule has 3 rings (SSSR count). The fourth-order valence-electron chi connectivity index (χ4n) is 3.30. The molecule has 0 fully saturated rings. The number of benzene rings is 2. The number of aryl methyl sites for hydroxylation is 1. The molecule has 2 aromatic carbocycles. The third-order valence-electron chi connectivity index (χ3n) is 4.49. The minimum atomic E-state index is -0.138. The first-order chi connectivity index (χ1) is 13.5. The number of nitrogens with zero attached hydrogens (tertiary/aromatic N) is 1. The van der Waals surface area contributed by atoms with Gasteiger partial charge in [-0.15, -0.1) is 0 Å². The topological polar surface area (TPSA) is 63.1 Å². The van der Waals surface area contributed by atoms with Gasteiger partial charge in [0.15, 0.2) is 0 Å². The Morgan fingerprint density at radius 1 is 0.964 bits per heavy atom. The average Bonchev–Trinajstić information content (AvgIpc) is 3.00. The highest BCUT2D eigenvalue weighted by Gasteiger charge is 2.16. The van der Waals surface area contributed by atoms with Gasteiger partial charge in [0, 0.05) is 35.2 Å². The number of anilines is 2. The second-order valence-electron chi connectivity index (χ2n) is 7.42. The van der Waals surface area contributed by atoms with Gasteiger partial charge in [0.05, 0.1) is 0 Å². The number of aromatic nitrogens is 1. The number of hydrogen-bond donors (Lipinski definition) is 2. The van der Waals surface area contributed by atoms with Crippen LogP contribution in [0.1, 0.15) is 44.1 Å². The monoisotopic (exact) mass is 377 g/mol. The van der Waals surface area contributed by atoms with Crippen molar-refractivity contribution in [2.45, 2.75) is 40.2 Å². The van der Waals surface area contributed by atoms with E-state index in [1.165, 1.54) is 0 Å². The predicted octanol–water partition coefficient (Wildman–Crippen LogP) is 5.29. The minimum absolute atomic E-state index is 0.00406. The molecule has 0 aliphatic carbocycles. The Labute approximate surface area is 165 Å². The molecule has 0 atom stereocenters. The third kappa shape index (κ3) is 4.60. The molecule has 0 aliphatic rings. The van der Waals surface area contributed by atoms with E-state index in [-0.39, 0.29) is 11.8 Å². The van der Waals surface area contributed by atoms with Crippen LogP contribution in [0, 0.1) is 5.92 Å². The van der Waals surface area contributed by atoms with E-state index in [4.69, 9.17) is 0 Å². The van der Waals surface area contributed by atoms with Crippen LogP contribution in [0.2, 0.25) is 0 Å². The van der Waals surface area contributed by atoms with Gasteiger partial charge >= 0.3 is 0 Å². The Morgan fingerprint density at radius 2 is 1.71 bits per heavy atom. The van der Waals surface area contributed by atoms with Gasteiger partial charge in [-0.25, -0.2) is 0 Å². The first-order valence-electron chi connectivity index (χ1n) is 9.77. The number of rotatable bonds is 7. The smallest absolute Gasteiger partial charge is 0.272 e. The summed E-state index contributed by atoms with van der Waals surface area (Å²) in [6, 6.07) is 17.1. The maximum absolute atomic E-state index is 12.9. The summed E-state index contributed by atoms with van der Waals surface area (Å²) in [5.74, 6) is 0.174. The van der Waals surface area contributed by atoms with Crippen molar-refractivity contribution in [2.75, 3.05) is 10.6 Å². The normalized spacial score (nSPS) is 11.0. The Hall–Kier alpha value is -3.08. The molecule has 5 nitrogen and oxygen atoms in total. The number of fused-ring (bicyclic) bond motifs is 1. The SMILES string of the molecule is CCCn1c(C(=O)Nc2ccccc2)cc2cc(NC(=O)CC(C)C)ccc21. The zero-order valence-corrected chi connectivity index (χ0v) is 16.7. The number of carbonyl (C=O) groups excluding carboxylic acids is 2. The van der Waals surface area contributed by atoms with Gasteiger partial charge in [-0.05, 0) is 48.7 Å². The summed E-state index contributed by atoms with van der Waals surface area (Å²) in [5.41, 5.74) is 3.12. The molecule has 0 radical (unpaired) electrons. The molecule has 2 N–H and O–H groups in total. The molecule has 1 aromatic heterocycles. The zero-order chi connectivity index (χ0) is 20.1. The van der Waals surface area contributed by atoms with Crippen molar-refractivity contribution in [2.24, 2.45) is 5.92 Å². The molecule has 0 spiro atoms. The summed E-state index contributed by atoms with van der Waals surface area (Å²) in [6.45, 7) is 6.88. The fraction of sp³-hybridized carbons (Fsp3) is 0.304. The number of hydrogen-bond acceptors (Lipinski definition) is 2. The lowest BCUT2D eigenvalue weighted by Gasteiger charge is -2.11. The van der Waals surface area contributed by atoms with Crippen molar-refractivity contribution in [3.63, 3.8) is 0 Å². The maximum Gasteiger partial charge on any atom is 0.272 e. The lowest BCUT2D eigenvalue weighted by atomic mass is 10.1. The molecule has 3 aromatic rings. The van der Waals surface area contributed by atoms with Crippen LogP contribution in [0.3, 0.4) is 0 Å². The van der Waals surface area contributed by atoms with Gasteiger partial charge < -0.3 is 15.2 Å². The molecule has 146 valence electrons. The molecular formula is C23H27N3O2. The molecule has 0 saturated heterocycles. The van der Waals surface area contributed by atoms with Crippen molar-refractivity contribution < 1.29 is 9.59 Å². The minimum Gasteiger partial charge on any atom is -0.336 e. The first-order valence-corrected chi connectivity index (χ1v) is 9.77. The molecule has 2 amide bonds. The molecule has 5 heteroatoms. The van der Waals surface area contributed by atoms with Gasteiger partial charge in [-0.2, -0.15) is 0 Å². The highest BCUT2D eigenvalue weighted by atomic mass is 16.2. The van der Waals surface area contributed by atoms with E-state index in [2.05, 4.69) is 17.6 Å². The van der Waals surface area contributed by atoms with Crippen molar-refractivity contribution in [1.82, 2.24) is 4.57 Å². The number of nitrogens with one attached hydrogen (secondary N) is 2. The number of para-hydroxylation sites is 1. The number of amides is 2. The zero-order valence-electron chi connectivity index (χ0n) is 16.7. The maximum atomic E-state index is 12.9. The van der Waals surface area contributed by atoms with Gasteiger partial charge in [-0.3, -0.25) is 9.59 Å². The third-order valence-corrected chi connectivity index (χ3v) is 4.49. The molecule has 0 unspecified atom stereocenters. The second-order valence-corrected chi connectivity index (χ2v) is 7.42. The lowest BCUT2D eigenvalue weighted by Crippen LogP contribution is -2.17. The van der Waals surface area contributed by atoms with Crippen LogP contribution in [0.5, 0.6) is 0 Å². The second kappa shape index (κ2) is 8.74. The molecule has 28 heavy (non-hydrogen) atoms. The quantitative estimate of drug-likeness (QED) is 0.588. The van der Waals surface area contributed by atoms with Crippen LogP contribution in [0.4, 0.5) is 11.4 Å². The van der Waals surface area contributed by atoms with E-state index in [1.807, 2.05) is 73.0 Å². The Balaban J connectivity index is 1.90. The van der Waals surface area contributed by atoms with Crippen molar-refractivity contribution in [3.8, 4) is 0 Å². The van der Waals surface area contributed by atoms with Crippen LogP contribution in [0.15, 0.2) is 54.6 Å². The van der Waals surface area contributed by atoms with Crippen LogP contribution >= 0.6 is 0 Å². The van der Waals surface area contributed by atoms with Crippen LogP contribution in [0.25, 0.3) is 10.9 Å². The summed E-state index contributed by atoms with van der Waals surface area (Å²) < 4.78 is 2.04. The fourth-order valence-corrected chi connectivity index (χ4v) is 3.30. The molecule has 0 bridgehead atoms. The van der Waals surface area contributed by atoms with Crippen LogP contribution in [-0.2, 0) is 11.3 Å². The first kappa shape index (κ1) is 19.7. The molecular weight excluding hydrogens is 350 g/mol. The summed E-state index contributed by atoms with van der Waals surface area (Å²) >= 11 is 0. The highest BCUT2D eigenvalue weighted by Crippen LogP contribution is 2.25. The largest absolute Gasteiger partial charge is 0.336 e. The van der Waals surface area contributed by atoms with E-state index < -0.39 is 0 Å². The van der Waals surface area contributed by atoms with Gasteiger partial charge in [-0.1, -0.05) is 39.0 Å². The van der Waals surface area contributed by atoms with E-state index in [9.17, 15) is 9.59 Å². The molecule has 0 aliphatic heterocycles. The summed E-state index contributed by atoms with van der Waals surface area (Å²) in [5, 5.41) is 6.84. The van der Waals surface area contributed by atoms with Crippen LogP contribution < -0.4 is 10.6 Å². The van der Waals surface area contributed by atoms with E-state index in [0.717, 1.165) is 35.2 Å². The van der Waals surface area contributed by atoms with Gasteiger partial charge in [0.2, 0.25) is 5.91 Å². The van der Waals surface area contributed by atoms with Gasteiger partial charge in [0.1, 0.15) is 5.69 Å². The van der Waals surface area contributed by atoms with Gasteiger partial charge in [0.25, 0.3) is 5.91 Å². The molecule has 1 heterocycles. The Bertz CT molecular complexity index is 974. The summed E-state index contributed by atoms with van der Waals surface area (Å²) in [6.07, 6.45) is 1.40. The van der Waals surface area contributed by atoms with Crippen molar-refractivity contribution in [3.05, 3.63) is 60.3 Å². The van der Waals surface area contributed by atoms with E-state index in [1.54, 1.807) is 0 Å². The van der Waals surface area contributed by atoms with Crippen molar-refractivity contribution >= 4 is 34.1 Å². The summed E-state index contributed by atoms with van der Waals surface area (Å²) in [7, 11) is 0. The average molecular weight is 377 g/mol. The Kier molecular flexibility index (Phi) is 6.14. The lowest BCUT2D eigenvalue weighted by molar-refractivity contribution is -0.116. The molecule has 0 saturated carbocycles. The standard InChI is InChI=1S/C23H27N3O2/c1-4-12-26-20-11-10-19(24-22(27)13-16(2)3)14-17(20)15-21(26)23(28)25-18-8-6-5-7-9-18/h5-11,14-16H,4,12-13H2,1-3H3,(H,24,27)(H,25,28). The Morgan fingerprint density at radius 3 is 2.39 bits per heavy atom. The highest BCUT2D eigenvalue weighted by molar-refractivity contribution is 6.07. The van der Waals surface area contributed by atoms with Crippen LogP contribution in [-0.4, -0.2) is 16.4 Å². The predicted molar refractivity (Wildman–Crippen MR) is 115 cm³/mol. The van der Waals surface area contributed by atoms with Crippen molar-refractivity contribution in [1.29, 1.82) is 0 Å².